The van der Waals surface area contributed by atoms with Crippen molar-refractivity contribution in [3.63, 3.8) is 0 Å². The second-order valence-corrected chi connectivity index (χ2v) is 4.86. The zero-order valence-electron chi connectivity index (χ0n) is 11.3. The van der Waals surface area contributed by atoms with Crippen molar-refractivity contribution in [2.75, 3.05) is 6.61 Å². The summed E-state index contributed by atoms with van der Waals surface area (Å²) in [6.45, 7) is 2.58. The fraction of sp³-hybridized carbons (Fsp3) is 0.333. The van der Waals surface area contributed by atoms with Gasteiger partial charge in [-0.15, -0.1) is 0 Å². The van der Waals surface area contributed by atoms with Crippen molar-refractivity contribution in [3.05, 3.63) is 67.5 Å². The molecule has 0 saturated carbocycles. The Morgan fingerprint density at radius 1 is 1.20 bits per heavy atom. The lowest BCUT2D eigenvalue weighted by Gasteiger charge is -2.22. The first-order valence-corrected chi connectivity index (χ1v) is 6.70. The van der Waals surface area contributed by atoms with Crippen molar-refractivity contribution >= 4 is 0 Å². The topological polar surface area (TPSA) is 64.1 Å². The van der Waals surface area contributed by atoms with Gasteiger partial charge in [0.25, 0.3) is 5.56 Å². The number of aromatic amines is 1. The summed E-state index contributed by atoms with van der Waals surface area (Å²) in [6, 6.07) is 8.00. The number of fused-ring (bicyclic) bond motifs is 2. The van der Waals surface area contributed by atoms with Crippen LogP contribution >= 0.6 is 0 Å². The lowest BCUT2D eigenvalue weighted by Crippen LogP contribution is -2.37. The average Bonchev–Trinajstić information content (AvgIpc) is 2.45. The number of ether oxygens (including phenoxy) is 1. The monoisotopic (exact) mass is 272 g/mol. The SMILES string of the molecule is CCOCn1c2c(c(=O)[nH]c1=O)Cc1ccccc1C2. The number of hydrogen-bond acceptors (Lipinski definition) is 3. The third-order valence-electron chi connectivity index (χ3n) is 3.68. The van der Waals surface area contributed by atoms with E-state index in [1.54, 1.807) is 0 Å². The van der Waals surface area contributed by atoms with Crippen molar-refractivity contribution in [2.45, 2.75) is 26.5 Å². The maximum Gasteiger partial charge on any atom is 0.330 e. The summed E-state index contributed by atoms with van der Waals surface area (Å²) in [5.41, 5.74) is 3.06. The molecule has 0 aliphatic heterocycles. The molecule has 0 unspecified atom stereocenters. The maximum atomic E-state index is 12.0. The van der Waals surface area contributed by atoms with Gasteiger partial charge in [0.2, 0.25) is 0 Å². The fourth-order valence-electron chi connectivity index (χ4n) is 2.63. The molecule has 0 atom stereocenters. The predicted octanol–water partition coefficient (Wildman–Crippen LogP) is 1.03. The molecule has 5 nitrogen and oxygen atoms in total. The summed E-state index contributed by atoms with van der Waals surface area (Å²) < 4.78 is 6.86. The van der Waals surface area contributed by atoms with E-state index < -0.39 is 5.69 Å². The normalized spacial score (nSPS) is 12.8. The Balaban J connectivity index is 2.14. The molecule has 0 fully saturated rings. The van der Waals surface area contributed by atoms with E-state index in [2.05, 4.69) is 4.98 Å². The van der Waals surface area contributed by atoms with Gasteiger partial charge in [-0.05, 0) is 18.1 Å². The molecule has 3 rings (SSSR count). The number of nitrogens with one attached hydrogen (secondary N) is 1. The zero-order valence-corrected chi connectivity index (χ0v) is 11.3. The Morgan fingerprint density at radius 3 is 2.60 bits per heavy atom. The number of aromatic nitrogens is 2. The van der Waals surface area contributed by atoms with Gasteiger partial charge in [-0.25, -0.2) is 4.79 Å². The number of rotatable bonds is 3. The molecule has 0 saturated heterocycles. The highest BCUT2D eigenvalue weighted by atomic mass is 16.5. The molecule has 20 heavy (non-hydrogen) atoms. The van der Waals surface area contributed by atoms with Gasteiger partial charge in [0.05, 0.1) is 0 Å². The summed E-state index contributed by atoms with van der Waals surface area (Å²) in [4.78, 5) is 26.3. The van der Waals surface area contributed by atoms with Crippen LogP contribution in [0.1, 0.15) is 29.3 Å². The van der Waals surface area contributed by atoms with Gasteiger partial charge in [-0.1, -0.05) is 24.3 Å². The first-order valence-electron chi connectivity index (χ1n) is 6.70. The molecule has 0 radical (unpaired) electrons. The van der Waals surface area contributed by atoms with E-state index in [4.69, 9.17) is 4.74 Å². The molecule has 0 bridgehead atoms. The van der Waals surface area contributed by atoms with E-state index in [0.717, 1.165) is 16.8 Å². The molecule has 0 amide bonds. The van der Waals surface area contributed by atoms with Gasteiger partial charge in [0, 0.05) is 30.7 Å². The summed E-state index contributed by atoms with van der Waals surface area (Å²) in [5, 5.41) is 0. The summed E-state index contributed by atoms with van der Waals surface area (Å²) in [5.74, 6) is 0. The minimum atomic E-state index is -0.401. The second-order valence-electron chi connectivity index (χ2n) is 4.86. The lowest BCUT2D eigenvalue weighted by atomic mass is 9.89. The van der Waals surface area contributed by atoms with E-state index in [0.29, 0.717) is 25.0 Å². The van der Waals surface area contributed by atoms with Crippen LogP contribution in [0.5, 0.6) is 0 Å². The Morgan fingerprint density at radius 2 is 1.90 bits per heavy atom. The first-order chi connectivity index (χ1) is 9.70. The average molecular weight is 272 g/mol. The molecule has 1 N–H and O–H groups in total. The van der Waals surface area contributed by atoms with Crippen LogP contribution in [0.4, 0.5) is 0 Å². The molecule has 1 aliphatic carbocycles. The summed E-state index contributed by atoms with van der Waals surface area (Å²) in [6.07, 6.45) is 1.16. The molecule has 0 spiro atoms. The molecule has 104 valence electrons. The van der Waals surface area contributed by atoms with Gasteiger partial charge in [0.15, 0.2) is 0 Å². The molecule has 1 heterocycles. The lowest BCUT2D eigenvalue weighted by molar-refractivity contribution is 0.0821. The van der Waals surface area contributed by atoms with Crippen molar-refractivity contribution < 1.29 is 4.74 Å². The third kappa shape index (κ3) is 2.10. The van der Waals surface area contributed by atoms with Gasteiger partial charge in [0.1, 0.15) is 6.73 Å². The Kier molecular flexibility index (Phi) is 3.28. The van der Waals surface area contributed by atoms with Crippen LogP contribution in [0, 0.1) is 0 Å². The van der Waals surface area contributed by atoms with Crippen molar-refractivity contribution in [1.82, 2.24) is 9.55 Å². The Labute approximate surface area is 115 Å². The first kappa shape index (κ1) is 12.9. The largest absolute Gasteiger partial charge is 0.361 e. The molecule has 1 aliphatic rings. The van der Waals surface area contributed by atoms with E-state index in [-0.39, 0.29) is 12.3 Å². The van der Waals surface area contributed by atoms with Crippen LogP contribution < -0.4 is 11.2 Å². The van der Waals surface area contributed by atoms with Crippen LogP contribution in [0.3, 0.4) is 0 Å². The highest BCUT2D eigenvalue weighted by Crippen LogP contribution is 2.23. The summed E-state index contributed by atoms with van der Waals surface area (Å²) >= 11 is 0. The van der Waals surface area contributed by atoms with Crippen molar-refractivity contribution in [3.8, 4) is 0 Å². The Bertz CT molecular complexity index is 758. The van der Waals surface area contributed by atoms with Crippen molar-refractivity contribution in [2.24, 2.45) is 0 Å². The molecular formula is C15H16N2O3. The molecular weight excluding hydrogens is 256 g/mol. The van der Waals surface area contributed by atoms with Crippen LogP contribution in [-0.4, -0.2) is 16.2 Å². The minimum absolute atomic E-state index is 0.177. The van der Waals surface area contributed by atoms with E-state index in [1.165, 1.54) is 4.57 Å². The van der Waals surface area contributed by atoms with E-state index >= 15 is 0 Å². The second kappa shape index (κ2) is 5.09. The van der Waals surface area contributed by atoms with E-state index in [9.17, 15) is 9.59 Å². The zero-order chi connectivity index (χ0) is 14.1. The highest BCUT2D eigenvalue weighted by Gasteiger charge is 2.21. The van der Waals surface area contributed by atoms with Crippen molar-refractivity contribution in [1.29, 1.82) is 0 Å². The van der Waals surface area contributed by atoms with Gasteiger partial charge >= 0.3 is 5.69 Å². The van der Waals surface area contributed by atoms with E-state index in [1.807, 2.05) is 31.2 Å². The smallest absolute Gasteiger partial charge is 0.330 e. The quantitative estimate of drug-likeness (QED) is 0.774. The molecule has 1 aromatic heterocycles. The minimum Gasteiger partial charge on any atom is -0.361 e. The van der Waals surface area contributed by atoms with Crippen LogP contribution in [0.25, 0.3) is 0 Å². The van der Waals surface area contributed by atoms with Crippen LogP contribution in [-0.2, 0) is 24.3 Å². The van der Waals surface area contributed by atoms with Gasteiger partial charge in [-0.3, -0.25) is 14.3 Å². The van der Waals surface area contributed by atoms with Crippen LogP contribution in [0.2, 0.25) is 0 Å². The maximum absolute atomic E-state index is 12.0. The summed E-state index contributed by atoms with van der Waals surface area (Å²) in [7, 11) is 0. The number of benzene rings is 1. The Hall–Kier alpha value is -2.14. The number of H-pyrrole nitrogens is 1. The highest BCUT2D eigenvalue weighted by molar-refractivity contribution is 5.41. The van der Waals surface area contributed by atoms with Gasteiger partial charge in [-0.2, -0.15) is 0 Å². The molecule has 1 aromatic carbocycles. The third-order valence-corrected chi connectivity index (χ3v) is 3.68. The fourth-order valence-corrected chi connectivity index (χ4v) is 2.63. The number of nitrogens with zero attached hydrogens (tertiary/aromatic N) is 1. The van der Waals surface area contributed by atoms with Gasteiger partial charge < -0.3 is 4.74 Å². The van der Waals surface area contributed by atoms with Crippen LogP contribution in [0.15, 0.2) is 33.9 Å². The predicted molar refractivity (Wildman–Crippen MR) is 75.0 cm³/mol. The molecule has 2 aromatic rings. The number of hydrogen-bond donors (Lipinski definition) is 1. The molecule has 5 heteroatoms. The standard InChI is InChI=1S/C15H16N2O3/c1-2-20-9-17-13-8-11-6-4-3-5-10(11)7-12(13)14(18)16-15(17)19/h3-6H,2,7-9H2,1H3,(H,16,18,19).